The highest BCUT2D eigenvalue weighted by atomic mass is 35.5. The molecule has 1 N–H and O–H groups in total. The van der Waals surface area contributed by atoms with Crippen molar-refractivity contribution < 1.29 is 18.0 Å². The van der Waals surface area contributed by atoms with Gasteiger partial charge < -0.3 is 19.5 Å². The van der Waals surface area contributed by atoms with Crippen molar-refractivity contribution in [2.24, 2.45) is 0 Å². The normalized spacial score (nSPS) is 15.1. The summed E-state index contributed by atoms with van der Waals surface area (Å²) in [6, 6.07) is 6.48. The maximum atomic E-state index is 12.8. The number of pyridine rings is 2. The fourth-order valence-corrected chi connectivity index (χ4v) is 3.95. The topological polar surface area (TPSA) is 65.8 Å². The molecule has 0 aromatic carbocycles. The Morgan fingerprint density at radius 3 is 2.78 bits per heavy atom. The van der Waals surface area contributed by atoms with Gasteiger partial charge in [0, 0.05) is 57.7 Å². The number of nitrogens with zero attached hydrogens (tertiary/aromatic N) is 5. The Hall–Kier alpha value is -3.01. The summed E-state index contributed by atoms with van der Waals surface area (Å²) in [6.07, 6.45) is 1.41. The van der Waals surface area contributed by atoms with Gasteiger partial charge >= 0.3 is 12.2 Å². The number of urea groups is 1. The average Bonchev–Trinajstić information content (AvgIpc) is 3.00. The van der Waals surface area contributed by atoms with E-state index in [4.69, 9.17) is 11.6 Å². The Morgan fingerprint density at radius 2 is 2.03 bits per heavy atom. The summed E-state index contributed by atoms with van der Waals surface area (Å²) in [5.74, 6) is 0.300. The first-order chi connectivity index (χ1) is 15.3. The summed E-state index contributed by atoms with van der Waals surface area (Å²) in [5, 5.41) is 2.86. The number of hydrogen-bond donors (Lipinski definition) is 1. The first-order valence-corrected chi connectivity index (χ1v) is 10.6. The van der Waals surface area contributed by atoms with E-state index < -0.39 is 11.7 Å². The van der Waals surface area contributed by atoms with Crippen molar-refractivity contribution in [3.8, 4) is 0 Å². The Morgan fingerprint density at radius 1 is 1.19 bits per heavy atom. The van der Waals surface area contributed by atoms with E-state index in [-0.39, 0.29) is 11.1 Å². The molecule has 170 valence electrons. The molecule has 0 aliphatic carbocycles. The molecule has 1 aliphatic heterocycles. The fourth-order valence-electron chi connectivity index (χ4n) is 3.67. The predicted molar refractivity (Wildman–Crippen MR) is 115 cm³/mol. The summed E-state index contributed by atoms with van der Waals surface area (Å²) in [5.41, 5.74) is 0.867. The molecule has 0 bridgehead atoms. The van der Waals surface area contributed by atoms with Crippen LogP contribution in [0.2, 0.25) is 5.02 Å². The van der Waals surface area contributed by atoms with E-state index in [9.17, 15) is 18.0 Å². The van der Waals surface area contributed by atoms with Gasteiger partial charge in [-0.2, -0.15) is 13.2 Å². The highest BCUT2D eigenvalue weighted by Gasteiger charge is 2.32. The first-order valence-electron chi connectivity index (χ1n) is 10.2. The number of imidazole rings is 1. The Labute approximate surface area is 187 Å². The molecule has 11 heteroatoms. The van der Waals surface area contributed by atoms with Crippen LogP contribution in [0.1, 0.15) is 17.7 Å². The Balaban J connectivity index is 1.30. The van der Waals surface area contributed by atoms with Crippen LogP contribution in [-0.2, 0) is 12.6 Å². The van der Waals surface area contributed by atoms with Crippen molar-refractivity contribution in [1.29, 1.82) is 0 Å². The van der Waals surface area contributed by atoms with Crippen LogP contribution >= 0.6 is 11.6 Å². The van der Waals surface area contributed by atoms with Crippen LogP contribution in [0.4, 0.5) is 23.8 Å². The van der Waals surface area contributed by atoms with Gasteiger partial charge in [-0.3, -0.25) is 0 Å². The van der Waals surface area contributed by atoms with E-state index in [1.807, 2.05) is 39.9 Å². The van der Waals surface area contributed by atoms with Gasteiger partial charge in [0.2, 0.25) is 0 Å². The fraction of sp³-hybridized carbons (Fsp3) is 0.381. The smallest absolute Gasteiger partial charge is 0.354 e. The molecule has 7 nitrogen and oxygen atoms in total. The number of aromatic nitrogens is 3. The lowest BCUT2D eigenvalue weighted by Gasteiger charge is -2.24. The lowest BCUT2D eigenvalue weighted by atomic mass is 10.2. The van der Waals surface area contributed by atoms with Crippen LogP contribution in [0.25, 0.3) is 5.65 Å². The first kappa shape index (κ1) is 22.2. The molecule has 3 aromatic rings. The van der Waals surface area contributed by atoms with Crippen LogP contribution in [0.3, 0.4) is 0 Å². The molecule has 32 heavy (non-hydrogen) atoms. The number of anilines is 1. The molecule has 2 amide bonds. The molecular weight excluding hydrogens is 445 g/mol. The number of halogens is 4. The van der Waals surface area contributed by atoms with E-state index >= 15 is 0 Å². The molecule has 3 aromatic heterocycles. The van der Waals surface area contributed by atoms with Crippen LogP contribution in [0.15, 0.2) is 42.9 Å². The SMILES string of the molecule is O=C(NCCc1cn2ccccc2n1)N1CCCN(c2ncc(C(F)(F)F)cc2Cl)CC1. The lowest BCUT2D eigenvalue weighted by molar-refractivity contribution is -0.137. The van der Waals surface area contributed by atoms with E-state index in [0.29, 0.717) is 51.4 Å². The van der Waals surface area contributed by atoms with Gasteiger partial charge in [-0.05, 0) is 24.6 Å². The van der Waals surface area contributed by atoms with Crippen LogP contribution in [0, 0.1) is 0 Å². The van der Waals surface area contributed by atoms with E-state index in [2.05, 4.69) is 15.3 Å². The number of carbonyl (C=O) groups is 1. The van der Waals surface area contributed by atoms with Crippen LogP contribution in [0.5, 0.6) is 0 Å². The van der Waals surface area contributed by atoms with Gasteiger partial charge in [-0.25, -0.2) is 14.8 Å². The standard InChI is InChI=1S/C21H22ClF3N6O/c22-17-12-15(21(23,24)25)13-27-19(17)29-8-3-9-30(11-10-29)20(32)26-6-5-16-14-31-7-2-1-4-18(31)28-16/h1-2,4,7,12-14H,3,5-6,8-11H2,(H,26,32). The zero-order chi connectivity index (χ0) is 22.7. The number of amides is 2. The third-order valence-corrected chi connectivity index (χ3v) is 5.58. The third kappa shape index (κ3) is 5.07. The number of hydrogen-bond acceptors (Lipinski definition) is 4. The maximum Gasteiger partial charge on any atom is 0.417 e. The number of fused-ring (bicyclic) bond motifs is 1. The van der Waals surface area contributed by atoms with Crippen LogP contribution in [-0.4, -0.2) is 58.0 Å². The predicted octanol–water partition coefficient (Wildman–Crippen LogP) is 3.87. The third-order valence-electron chi connectivity index (χ3n) is 5.30. The van der Waals surface area contributed by atoms with Gasteiger partial charge in [0.25, 0.3) is 0 Å². The lowest BCUT2D eigenvalue weighted by Crippen LogP contribution is -2.42. The molecule has 0 atom stereocenters. The minimum Gasteiger partial charge on any atom is -0.354 e. The van der Waals surface area contributed by atoms with Crippen molar-refractivity contribution in [2.45, 2.75) is 19.0 Å². The molecule has 0 spiro atoms. The average molecular weight is 467 g/mol. The second-order valence-electron chi connectivity index (χ2n) is 7.54. The highest BCUT2D eigenvalue weighted by molar-refractivity contribution is 6.33. The van der Waals surface area contributed by atoms with Crippen molar-refractivity contribution in [3.63, 3.8) is 0 Å². The summed E-state index contributed by atoms with van der Waals surface area (Å²) in [6.45, 7) is 2.38. The Kier molecular flexibility index (Phi) is 6.40. The molecule has 0 saturated carbocycles. The maximum absolute atomic E-state index is 12.8. The summed E-state index contributed by atoms with van der Waals surface area (Å²) < 4.78 is 40.5. The zero-order valence-corrected chi connectivity index (χ0v) is 17.9. The van der Waals surface area contributed by atoms with Crippen LogP contribution < -0.4 is 10.2 Å². The van der Waals surface area contributed by atoms with E-state index in [1.54, 1.807) is 4.90 Å². The van der Waals surface area contributed by atoms with Crippen molar-refractivity contribution in [2.75, 3.05) is 37.6 Å². The van der Waals surface area contributed by atoms with Crippen molar-refractivity contribution in [1.82, 2.24) is 24.6 Å². The molecular formula is C21H22ClF3N6O. The molecule has 0 unspecified atom stereocenters. The molecule has 4 heterocycles. The van der Waals surface area contributed by atoms with Gasteiger partial charge in [0.05, 0.1) is 16.3 Å². The van der Waals surface area contributed by atoms with Gasteiger partial charge in [0.15, 0.2) is 0 Å². The molecule has 1 fully saturated rings. The van der Waals surface area contributed by atoms with E-state index in [1.165, 1.54) is 0 Å². The quantitative estimate of drug-likeness (QED) is 0.634. The van der Waals surface area contributed by atoms with Gasteiger partial charge in [0.1, 0.15) is 11.5 Å². The molecule has 1 saturated heterocycles. The van der Waals surface area contributed by atoms with Gasteiger partial charge in [-0.15, -0.1) is 0 Å². The second kappa shape index (κ2) is 9.23. The highest BCUT2D eigenvalue weighted by Crippen LogP contribution is 2.33. The zero-order valence-electron chi connectivity index (χ0n) is 17.1. The Bertz CT molecular complexity index is 1070. The summed E-state index contributed by atoms with van der Waals surface area (Å²) >= 11 is 6.07. The monoisotopic (exact) mass is 466 g/mol. The number of alkyl halides is 3. The largest absolute Gasteiger partial charge is 0.417 e. The molecule has 0 radical (unpaired) electrons. The van der Waals surface area contributed by atoms with Crippen molar-refractivity contribution >= 4 is 29.1 Å². The molecule has 1 aliphatic rings. The van der Waals surface area contributed by atoms with E-state index in [0.717, 1.165) is 23.6 Å². The number of carbonyl (C=O) groups excluding carboxylic acids is 1. The number of rotatable bonds is 4. The summed E-state index contributed by atoms with van der Waals surface area (Å²) in [4.78, 5) is 24.5. The number of nitrogens with one attached hydrogen (secondary N) is 1. The minimum absolute atomic E-state index is 0.0508. The summed E-state index contributed by atoms with van der Waals surface area (Å²) in [7, 11) is 0. The van der Waals surface area contributed by atoms with Crippen molar-refractivity contribution in [3.05, 3.63) is 59.1 Å². The minimum atomic E-state index is -4.49. The van der Waals surface area contributed by atoms with Gasteiger partial charge in [-0.1, -0.05) is 17.7 Å². The second-order valence-corrected chi connectivity index (χ2v) is 7.94. The molecule has 4 rings (SSSR count).